The van der Waals surface area contributed by atoms with Crippen LogP contribution in [0.25, 0.3) is 11.0 Å². The molecule has 0 amide bonds. The van der Waals surface area contributed by atoms with Gasteiger partial charge in [-0.2, -0.15) is 5.26 Å². The fraction of sp³-hybridized carbons (Fsp3) is 0.333. The van der Waals surface area contributed by atoms with Gasteiger partial charge in [0.25, 0.3) is 0 Å². The highest BCUT2D eigenvalue weighted by Gasteiger charge is 2.11. The van der Waals surface area contributed by atoms with Gasteiger partial charge in [0.15, 0.2) is 0 Å². The van der Waals surface area contributed by atoms with Gasteiger partial charge in [0, 0.05) is 6.07 Å². The molecule has 0 aliphatic carbocycles. The number of hydrogen-bond donors (Lipinski definition) is 0. The van der Waals surface area contributed by atoms with Crippen LogP contribution in [0.4, 0.5) is 4.39 Å². The first-order chi connectivity index (χ1) is 8.11. The van der Waals surface area contributed by atoms with Gasteiger partial charge < -0.3 is 9.47 Å². The highest BCUT2D eigenvalue weighted by molar-refractivity contribution is 5.76. The van der Waals surface area contributed by atoms with Crippen LogP contribution in [0.3, 0.4) is 0 Å². The largest absolute Gasteiger partial charge is 0.313 e. The third-order valence-electron chi connectivity index (χ3n) is 2.48. The second kappa shape index (κ2) is 4.52. The summed E-state index contributed by atoms with van der Waals surface area (Å²) in [6, 6.07) is 6.54. The third kappa shape index (κ3) is 2.27. The number of halogens is 1. The Balaban J connectivity index is 2.58. The van der Waals surface area contributed by atoms with Gasteiger partial charge >= 0.3 is 0 Å². The summed E-state index contributed by atoms with van der Waals surface area (Å²) >= 11 is 0. The number of nitriles is 1. The first-order valence-corrected chi connectivity index (χ1v) is 5.28. The van der Waals surface area contributed by atoms with Crippen molar-refractivity contribution in [2.45, 2.75) is 13.1 Å². The van der Waals surface area contributed by atoms with Crippen LogP contribution in [0.2, 0.25) is 0 Å². The van der Waals surface area contributed by atoms with Gasteiger partial charge in [-0.15, -0.1) is 0 Å². The Bertz CT molecular complexity index is 580. The van der Waals surface area contributed by atoms with Crippen LogP contribution in [0.15, 0.2) is 18.2 Å². The predicted molar refractivity (Wildman–Crippen MR) is 62.7 cm³/mol. The first-order valence-electron chi connectivity index (χ1n) is 5.28. The van der Waals surface area contributed by atoms with Crippen molar-refractivity contribution in [3.05, 3.63) is 29.8 Å². The van der Waals surface area contributed by atoms with E-state index < -0.39 is 0 Å². The number of rotatable bonds is 3. The van der Waals surface area contributed by atoms with Crippen molar-refractivity contribution in [2.75, 3.05) is 14.1 Å². The molecule has 0 bridgehead atoms. The van der Waals surface area contributed by atoms with E-state index in [9.17, 15) is 4.39 Å². The van der Waals surface area contributed by atoms with Gasteiger partial charge in [0.1, 0.15) is 18.2 Å². The Hall–Kier alpha value is -1.93. The Kier molecular flexibility index (Phi) is 3.07. The molecule has 1 heterocycles. The van der Waals surface area contributed by atoms with Crippen molar-refractivity contribution in [2.24, 2.45) is 0 Å². The van der Waals surface area contributed by atoms with Gasteiger partial charge in [-0.05, 0) is 26.2 Å². The lowest BCUT2D eigenvalue weighted by Crippen LogP contribution is -2.15. The molecule has 0 saturated heterocycles. The molecule has 0 aliphatic rings. The van der Waals surface area contributed by atoms with Gasteiger partial charge in [0.05, 0.1) is 23.6 Å². The van der Waals surface area contributed by atoms with E-state index in [0.29, 0.717) is 12.1 Å². The van der Waals surface area contributed by atoms with Gasteiger partial charge in [-0.1, -0.05) is 0 Å². The number of hydrogen-bond acceptors (Lipinski definition) is 3. The van der Waals surface area contributed by atoms with Crippen molar-refractivity contribution in [1.29, 1.82) is 5.26 Å². The van der Waals surface area contributed by atoms with Crippen molar-refractivity contribution >= 4 is 11.0 Å². The van der Waals surface area contributed by atoms with E-state index in [1.807, 2.05) is 23.6 Å². The molecule has 0 atom stereocenters. The lowest BCUT2D eigenvalue weighted by atomic mass is 10.3. The average molecular weight is 232 g/mol. The zero-order chi connectivity index (χ0) is 12.4. The van der Waals surface area contributed by atoms with Crippen LogP contribution in [-0.2, 0) is 13.1 Å². The molecule has 0 fully saturated rings. The summed E-state index contributed by atoms with van der Waals surface area (Å²) in [5, 5.41) is 8.82. The molecule has 2 aromatic rings. The molecular formula is C12H13FN4. The average Bonchev–Trinajstić information content (AvgIpc) is 2.55. The van der Waals surface area contributed by atoms with Gasteiger partial charge in [0.2, 0.25) is 0 Å². The minimum atomic E-state index is -0.310. The maximum atomic E-state index is 13.1. The summed E-state index contributed by atoms with van der Waals surface area (Å²) in [6.45, 7) is 0.850. The van der Waals surface area contributed by atoms with E-state index in [1.165, 1.54) is 12.1 Å². The van der Waals surface area contributed by atoms with Crippen LogP contribution < -0.4 is 0 Å². The van der Waals surface area contributed by atoms with Crippen LogP contribution >= 0.6 is 0 Å². The first kappa shape index (κ1) is 11.6. The molecule has 5 heteroatoms. The van der Waals surface area contributed by atoms with E-state index in [1.54, 1.807) is 6.07 Å². The van der Waals surface area contributed by atoms with Crippen LogP contribution in [-0.4, -0.2) is 28.5 Å². The number of fused-ring (bicyclic) bond motifs is 1. The molecule has 0 radical (unpaired) electrons. The van der Waals surface area contributed by atoms with Crippen molar-refractivity contribution in [3.63, 3.8) is 0 Å². The standard InChI is InChI=1S/C12H13FN4/c1-16(2)8-12-15-10-7-9(13)3-4-11(10)17(12)6-5-14/h3-4,7H,6,8H2,1-2H3. The van der Waals surface area contributed by atoms with E-state index in [0.717, 1.165) is 11.3 Å². The predicted octanol–water partition coefficient (Wildman–Crippen LogP) is 1.76. The lowest BCUT2D eigenvalue weighted by Gasteiger charge is -2.10. The van der Waals surface area contributed by atoms with Crippen LogP contribution in [0, 0.1) is 17.1 Å². The molecule has 0 N–H and O–H groups in total. The van der Waals surface area contributed by atoms with Crippen molar-refractivity contribution in [1.82, 2.24) is 14.5 Å². The zero-order valence-electron chi connectivity index (χ0n) is 9.81. The number of aromatic nitrogens is 2. The maximum Gasteiger partial charge on any atom is 0.125 e. The molecular weight excluding hydrogens is 219 g/mol. The summed E-state index contributed by atoms with van der Waals surface area (Å²) in [7, 11) is 3.85. The fourth-order valence-corrected chi connectivity index (χ4v) is 1.80. The van der Waals surface area contributed by atoms with E-state index in [4.69, 9.17) is 5.26 Å². The number of nitrogens with zero attached hydrogens (tertiary/aromatic N) is 4. The summed E-state index contributed by atoms with van der Waals surface area (Å²) < 4.78 is 14.9. The SMILES string of the molecule is CN(C)Cc1nc2cc(F)ccc2n1CC#N. The van der Waals surface area contributed by atoms with Gasteiger partial charge in [-0.3, -0.25) is 0 Å². The molecule has 0 saturated carbocycles. The fourth-order valence-electron chi connectivity index (χ4n) is 1.80. The van der Waals surface area contributed by atoms with E-state index in [2.05, 4.69) is 11.1 Å². The summed E-state index contributed by atoms with van der Waals surface area (Å²) in [5.74, 6) is 0.465. The zero-order valence-corrected chi connectivity index (χ0v) is 9.81. The van der Waals surface area contributed by atoms with Crippen LogP contribution in [0.1, 0.15) is 5.82 Å². The molecule has 2 rings (SSSR count). The Morgan fingerprint density at radius 2 is 2.24 bits per heavy atom. The molecule has 0 spiro atoms. The Morgan fingerprint density at radius 3 is 2.88 bits per heavy atom. The topological polar surface area (TPSA) is 44.9 Å². The lowest BCUT2D eigenvalue weighted by molar-refractivity contribution is 0.384. The quantitative estimate of drug-likeness (QED) is 0.810. The normalized spacial score (nSPS) is 11.0. The second-order valence-corrected chi connectivity index (χ2v) is 4.14. The Morgan fingerprint density at radius 1 is 1.47 bits per heavy atom. The Labute approximate surface area is 98.9 Å². The molecule has 1 aromatic carbocycles. The third-order valence-corrected chi connectivity index (χ3v) is 2.48. The molecule has 0 aliphatic heterocycles. The second-order valence-electron chi connectivity index (χ2n) is 4.14. The highest BCUT2D eigenvalue weighted by Crippen LogP contribution is 2.18. The number of imidazole rings is 1. The molecule has 17 heavy (non-hydrogen) atoms. The van der Waals surface area contributed by atoms with Crippen LogP contribution in [0.5, 0.6) is 0 Å². The minimum Gasteiger partial charge on any atom is -0.313 e. The number of benzene rings is 1. The van der Waals surface area contributed by atoms with Gasteiger partial charge in [-0.25, -0.2) is 9.37 Å². The summed E-state index contributed by atoms with van der Waals surface area (Å²) in [4.78, 5) is 6.33. The maximum absolute atomic E-state index is 13.1. The van der Waals surface area contributed by atoms with Crippen molar-refractivity contribution in [3.8, 4) is 6.07 Å². The van der Waals surface area contributed by atoms with E-state index >= 15 is 0 Å². The summed E-state index contributed by atoms with van der Waals surface area (Å²) in [5.41, 5.74) is 1.39. The monoisotopic (exact) mass is 232 g/mol. The molecule has 4 nitrogen and oxygen atoms in total. The molecule has 0 unspecified atom stereocenters. The molecule has 1 aromatic heterocycles. The summed E-state index contributed by atoms with van der Waals surface area (Å²) in [6.07, 6.45) is 0. The smallest absolute Gasteiger partial charge is 0.125 e. The highest BCUT2D eigenvalue weighted by atomic mass is 19.1. The van der Waals surface area contributed by atoms with Crippen molar-refractivity contribution < 1.29 is 4.39 Å². The van der Waals surface area contributed by atoms with E-state index in [-0.39, 0.29) is 12.4 Å². The minimum absolute atomic E-state index is 0.227. The molecule has 88 valence electrons.